The van der Waals surface area contributed by atoms with Crippen molar-refractivity contribution in [3.8, 4) is 34.5 Å². The van der Waals surface area contributed by atoms with Crippen molar-refractivity contribution in [3.63, 3.8) is 0 Å². The number of phenols is 3. The van der Waals surface area contributed by atoms with Crippen LogP contribution >= 0.6 is 0 Å². The molecule has 0 amide bonds. The minimum atomic E-state index is -0.349. The molecule has 0 bridgehead atoms. The Bertz CT molecular complexity index is 3430. The quantitative estimate of drug-likeness (QED) is 0.0638. The molecule has 0 saturated carbocycles. The standard InChI is InChI=1S/C79H106O9/c1-45(55-42-59(74(8,9)10)68(36-46(55)2)86-29-26-65(80)52-32-49(5)71(83)62(39-52)77(17,18)19)35-58(56-43-60(75(11,12)13)69(37-47(56)3)87-30-27-66(81)53-33-50(6)72(84)63(40-53)78(20,21)22)57-44-61(76(14,15)16)70(38-48(57)4)88-31-28-67(82)54-34-51(7)73(85)64(41-54)79(23,24)25/h32-34,36-45,58,83-85H,26-31,35H2,1-25H3. The Kier molecular flexibility index (Phi) is 21.0. The average molecular weight is 1200 g/mol. The number of phenolic OH excluding ortho intramolecular Hbond substituents is 3. The molecule has 9 nitrogen and oxygen atoms in total. The van der Waals surface area contributed by atoms with Gasteiger partial charge in [-0.3, -0.25) is 14.4 Å². The molecule has 9 heteroatoms. The Balaban J connectivity index is 1.41. The summed E-state index contributed by atoms with van der Waals surface area (Å²) in [5.41, 5.74) is 13.8. The highest BCUT2D eigenvalue weighted by Crippen LogP contribution is 2.47. The van der Waals surface area contributed by atoms with Crippen molar-refractivity contribution < 1.29 is 43.9 Å². The van der Waals surface area contributed by atoms with E-state index in [9.17, 15) is 29.7 Å². The van der Waals surface area contributed by atoms with Gasteiger partial charge in [0.25, 0.3) is 0 Å². The SMILES string of the molecule is Cc1cc(OCCC(=O)c2cc(C)c(O)c(C(C)(C)C)c2)c(C(C)(C)C)cc1C(C)CC(c1cc(C(C)(C)C)c(OCCC(=O)c2cc(C)c(O)c(C(C)(C)C)c2)cc1C)c1cc(C(C)(C)C)c(OCCC(=O)c2cc(C)c(O)c(C(C)(C)C)c2)cc1C. The number of aryl methyl sites for hydroxylation is 6. The summed E-state index contributed by atoms with van der Waals surface area (Å²) >= 11 is 0. The number of benzene rings is 6. The minimum Gasteiger partial charge on any atom is -0.507 e. The molecule has 0 fully saturated rings. The predicted octanol–water partition coefficient (Wildman–Crippen LogP) is 19.7. The third-order valence-electron chi connectivity index (χ3n) is 17.5. The van der Waals surface area contributed by atoms with E-state index in [2.05, 4.69) is 126 Å². The summed E-state index contributed by atoms with van der Waals surface area (Å²) in [5, 5.41) is 32.7. The van der Waals surface area contributed by atoms with Crippen LogP contribution in [0, 0.1) is 41.5 Å². The molecular weight excluding hydrogens is 1090 g/mol. The molecule has 0 aliphatic carbocycles. The molecule has 0 aliphatic heterocycles. The molecule has 6 aromatic rings. The number of ether oxygens (including phenoxy) is 3. The van der Waals surface area contributed by atoms with Gasteiger partial charge in [0, 0.05) is 58.6 Å². The lowest BCUT2D eigenvalue weighted by atomic mass is 9.74. The number of rotatable bonds is 20. The van der Waals surface area contributed by atoms with Crippen LogP contribution in [0.25, 0.3) is 0 Å². The highest BCUT2D eigenvalue weighted by atomic mass is 16.5. The van der Waals surface area contributed by atoms with Crippen molar-refractivity contribution in [2.75, 3.05) is 19.8 Å². The third kappa shape index (κ3) is 16.5. The van der Waals surface area contributed by atoms with E-state index in [1.807, 2.05) is 101 Å². The van der Waals surface area contributed by atoms with Crippen LogP contribution in [-0.4, -0.2) is 52.5 Å². The number of carbonyl (C=O) groups excluding carboxylic acids is 3. The maximum absolute atomic E-state index is 13.9. The lowest BCUT2D eigenvalue weighted by molar-refractivity contribution is 0.0952. The molecule has 0 aromatic heterocycles. The van der Waals surface area contributed by atoms with Gasteiger partial charge in [0.05, 0.1) is 19.8 Å². The Labute approximate surface area is 529 Å². The van der Waals surface area contributed by atoms with Gasteiger partial charge in [-0.1, -0.05) is 150 Å². The number of ketones is 3. The van der Waals surface area contributed by atoms with Gasteiger partial charge in [-0.2, -0.15) is 0 Å². The molecule has 1 unspecified atom stereocenters. The van der Waals surface area contributed by atoms with Gasteiger partial charge in [-0.25, -0.2) is 0 Å². The molecule has 0 aliphatic rings. The van der Waals surface area contributed by atoms with Crippen LogP contribution in [0.2, 0.25) is 0 Å². The molecule has 6 aromatic carbocycles. The smallest absolute Gasteiger partial charge is 0.166 e. The van der Waals surface area contributed by atoms with Gasteiger partial charge in [0.2, 0.25) is 0 Å². The number of hydrogen-bond acceptors (Lipinski definition) is 9. The van der Waals surface area contributed by atoms with Gasteiger partial charge in [0.15, 0.2) is 17.3 Å². The third-order valence-corrected chi connectivity index (χ3v) is 17.5. The van der Waals surface area contributed by atoms with E-state index in [4.69, 9.17) is 14.2 Å². The molecule has 0 heterocycles. The molecule has 476 valence electrons. The zero-order chi connectivity index (χ0) is 66.3. The van der Waals surface area contributed by atoms with Crippen molar-refractivity contribution in [1.82, 2.24) is 0 Å². The fourth-order valence-electron chi connectivity index (χ4n) is 12.1. The van der Waals surface area contributed by atoms with Crippen LogP contribution in [-0.2, 0) is 32.5 Å². The topological polar surface area (TPSA) is 140 Å². The lowest BCUT2D eigenvalue weighted by Gasteiger charge is -2.32. The highest BCUT2D eigenvalue weighted by Gasteiger charge is 2.33. The van der Waals surface area contributed by atoms with Crippen LogP contribution in [0.1, 0.15) is 284 Å². The van der Waals surface area contributed by atoms with E-state index in [0.717, 1.165) is 73.7 Å². The first-order valence-electron chi connectivity index (χ1n) is 31.8. The monoisotopic (exact) mass is 1200 g/mol. The van der Waals surface area contributed by atoms with Gasteiger partial charge in [-0.15, -0.1) is 0 Å². The summed E-state index contributed by atoms with van der Waals surface area (Å²) in [7, 11) is 0. The van der Waals surface area contributed by atoms with Gasteiger partial charge < -0.3 is 29.5 Å². The second kappa shape index (κ2) is 26.3. The lowest BCUT2D eigenvalue weighted by Crippen LogP contribution is -2.20. The van der Waals surface area contributed by atoms with Crippen molar-refractivity contribution in [3.05, 3.63) is 173 Å². The van der Waals surface area contributed by atoms with Crippen LogP contribution in [0.3, 0.4) is 0 Å². The number of aromatic hydroxyl groups is 3. The molecule has 0 saturated heterocycles. The number of carbonyl (C=O) groups is 3. The second-order valence-corrected chi connectivity index (χ2v) is 31.4. The first kappa shape index (κ1) is 70.2. The summed E-state index contributed by atoms with van der Waals surface area (Å²) in [6, 6.07) is 24.2. The van der Waals surface area contributed by atoms with Crippen molar-refractivity contribution >= 4 is 17.3 Å². The van der Waals surface area contributed by atoms with E-state index in [1.165, 1.54) is 16.7 Å². The number of Topliss-reactive ketones (excluding diaryl/α,β-unsaturated/α-hetero) is 3. The van der Waals surface area contributed by atoms with Gasteiger partial charge in [-0.05, 0) is 208 Å². The zero-order valence-electron chi connectivity index (χ0n) is 58.3. The average Bonchev–Trinajstić information content (AvgIpc) is 1.01. The summed E-state index contributed by atoms with van der Waals surface area (Å²) in [6.45, 7) is 52.9. The Morgan fingerprint density at radius 2 is 0.580 bits per heavy atom. The van der Waals surface area contributed by atoms with E-state index >= 15 is 0 Å². The Hall–Kier alpha value is -6.87. The largest absolute Gasteiger partial charge is 0.507 e. The summed E-state index contributed by atoms with van der Waals surface area (Å²) < 4.78 is 20.0. The first-order valence-corrected chi connectivity index (χ1v) is 31.8. The maximum atomic E-state index is 13.9. The highest BCUT2D eigenvalue weighted by molar-refractivity contribution is 5.98. The fourth-order valence-corrected chi connectivity index (χ4v) is 12.1. The predicted molar refractivity (Wildman–Crippen MR) is 362 cm³/mol. The zero-order valence-corrected chi connectivity index (χ0v) is 58.3. The molecule has 1 atom stereocenters. The maximum Gasteiger partial charge on any atom is 0.166 e. The Morgan fingerprint density at radius 1 is 0.341 bits per heavy atom. The molecule has 6 rings (SSSR count). The fraction of sp³-hybridized carbons (Fsp3) is 0.506. The molecular formula is C79H106O9. The molecule has 0 spiro atoms. The summed E-state index contributed by atoms with van der Waals surface area (Å²) in [6.07, 6.45) is 1.26. The minimum absolute atomic E-state index is 0.0380. The van der Waals surface area contributed by atoms with Crippen LogP contribution in [0.4, 0.5) is 0 Å². The second-order valence-electron chi connectivity index (χ2n) is 31.4. The molecule has 0 radical (unpaired) electrons. The normalized spacial score (nSPS) is 13.0. The summed E-state index contributed by atoms with van der Waals surface area (Å²) in [4.78, 5) is 41.5. The van der Waals surface area contributed by atoms with E-state index in [0.29, 0.717) is 33.4 Å². The van der Waals surface area contributed by atoms with Crippen molar-refractivity contribution in [2.45, 2.75) is 243 Å². The van der Waals surface area contributed by atoms with E-state index in [-0.39, 0.29) is 118 Å². The van der Waals surface area contributed by atoms with Gasteiger partial charge in [0.1, 0.15) is 34.5 Å². The van der Waals surface area contributed by atoms with Crippen molar-refractivity contribution in [1.29, 1.82) is 0 Å². The Morgan fingerprint density at radius 3 is 0.830 bits per heavy atom. The van der Waals surface area contributed by atoms with Crippen LogP contribution in [0.5, 0.6) is 34.5 Å². The van der Waals surface area contributed by atoms with Gasteiger partial charge >= 0.3 is 0 Å². The van der Waals surface area contributed by atoms with Crippen LogP contribution < -0.4 is 14.2 Å². The summed E-state index contributed by atoms with van der Waals surface area (Å²) in [5.74, 6) is 2.70. The van der Waals surface area contributed by atoms with Crippen LogP contribution in [0.15, 0.2) is 72.8 Å². The van der Waals surface area contributed by atoms with E-state index < -0.39 is 0 Å². The number of hydrogen-bond donors (Lipinski definition) is 3. The molecule has 3 N–H and O–H groups in total. The first-order chi connectivity index (χ1) is 40.3. The molecule has 88 heavy (non-hydrogen) atoms. The van der Waals surface area contributed by atoms with Crippen molar-refractivity contribution in [2.24, 2.45) is 0 Å². The van der Waals surface area contributed by atoms with E-state index in [1.54, 1.807) is 18.2 Å².